The van der Waals surface area contributed by atoms with Gasteiger partial charge in [0.2, 0.25) is 0 Å². The molecule has 5 heteroatoms. The Morgan fingerprint density at radius 1 is 1.05 bits per heavy atom. The number of rotatable bonds is 2. The molecule has 2 aromatic rings. The molecule has 0 saturated heterocycles. The molecule has 1 nitrogen and oxygen atoms in total. The molecule has 0 saturated carbocycles. The lowest BCUT2D eigenvalue weighted by atomic mass is 10.00. The van der Waals surface area contributed by atoms with E-state index in [-0.39, 0.29) is 5.56 Å². The van der Waals surface area contributed by atoms with Gasteiger partial charge >= 0.3 is 0 Å². The molecule has 0 aliphatic rings. The van der Waals surface area contributed by atoms with Gasteiger partial charge in [-0.2, -0.15) is 0 Å². The van der Waals surface area contributed by atoms with E-state index in [0.29, 0.717) is 5.56 Å². The van der Waals surface area contributed by atoms with E-state index in [1.807, 2.05) is 6.92 Å². The van der Waals surface area contributed by atoms with Crippen molar-refractivity contribution in [3.05, 3.63) is 68.9 Å². The minimum absolute atomic E-state index is 0.297. The molecule has 0 amide bonds. The summed E-state index contributed by atoms with van der Waals surface area (Å²) in [4.78, 5) is 0. The van der Waals surface area contributed by atoms with Gasteiger partial charge in [-0.25, -0.2) is 13.2 Å². The van der Waals surface area contributed by atoms with Crippen LogP contribution in [0, 0.1) is 24.4 Å². The second-order valence-electron chi connectivity index (χ2n) is 4.18. The van der Waals surface area contributed by atoms with Gasteiger partial charge in [0.05, 0.1) is 0 Å². The van der Waals surface area contributed by atoms with E-state index in [1.165, 1.54) is 0 Å². The van der Waals surface area contributed by atoms with Gasteiger partial charge in [-0.15, -0.1) is 0 Å². The lowest BCUT2D eigenvalue weighted by molar-refractivity contribution is 0.212. The zero-order valence-corrected chi connectivity index (χ0v) is 11.5. The van der Waals surface area contributed by atoms with E-state index >= 15 is 0 Å². The quantitative estimate of drug-likeness (QED) is 0.816. The number of aryl methyl sites for hydroxylation is 1. The highest BCUT2D eigenvalue weighted by molar-refractivity contribution is 9.10. The van der Waals surface area contributed by atoms with Crippen LogP contribution < -0.4 is 0 Å². The molecule has 0 aliphatic carbocycles. The summed E-state index contributed by atoms with van der Waals surface area (Å²) in [5, 5.41) is 10.1. The SMILES string of the molecule is Cc1ccc(C(O)c2ccc(F)c(F)c2F)cc1Br. The predicted molar refractivity (Wildman–Crippen MR) is 69.3 cm³/mol. The van der Waals surface area contributed by atoms with Crippen LogP contribution in [0.15, 0.2) is 34.8 Å². The summed E-state index contributed by atoms with van der Waals surface area (Å²) in [5.74, 6) is -4.23. The second kappa shape index (κ2) is 5.35. The van der Waals surface area contributed by atoms with E-state index in [0.717, 1.165) is 22.2 Å². The molecule has 1 N–H and O–H groups in total. The zero-order valence-electron chi connectivity index (χ0n) is 9.92. The molecular weight excluding hydrogens is 321 g/mol. The zero-order chi connectivity index (χ0) is 14.2. The number of aliphatic hydroxyl groups is 1. The maximum absolute atomic E-state index is 13.6. The second-order valence-corrected chi connectivity index (χ2v) is 5.03. The summed E-state index contributed by atoms with van der Waals surface area (Å²) in [6.45, 7) is 1.86. The fourth-order valence-corrected chi connectivity index (χ4v) is 2.11. The fraction of sp³-hybridized carbons (Fsp3) is 0.143. The first-order valence-electron chi connectivity index (χ1n) is 5.49. The first-order valence-corrected chi connectivity index (χ1v) is 6.28. The Balaban J connectivity index is 2.47. The molecule has 2 rings (SSSR count). The summed E-state index contributed by atoms with van der Waals surface area (Å²) in [6.07, 6.45) is -1.35. The van der Waals surface area contributed by atoms with Crippen molar-refractivity contribution in [2.75, 3.05) is 0 Å². The summed E-state index contributed by atoms with van der Waals surface area (Å²) in [7, 11) is 0. The van der Waals surface area contributed by atoms with Gasteiger partial charge in [0.25, 0.3) is 0 Å². The maximum Gasteiger partial charge on any atom is 0.194 e. The first-order chi connectivity index (χ1) is 8.91. The Hall–Kier alpha value is -1.33. The van der Waals surface area contributed by atoms with E-state index in [2.05, 4.69) is 15.9 Å². The molecule has 0 fully saturated rings. The highest BCUT2D eigenvalue weighted by atomic mass is 79.9. The summed E-state index contributed by atoms with van der Waals surface area (Å²) < 4.78 is 40.3. The lowest BCUT2D eigenvalue weighted by Crippen LogP contribution is -2.06. The molecule has 100 valence electrons. The summed E-state index contributed by atoms with van der Waals surface area (Å²) in [6, 6.07) is 6.78. The summed E-state index contributed by atoms with van der Waals surface area (Å²) >= 11 is 3.29. The largest absolute Gasteiger partial charge is 0.384 e. The van der Waals surface area contributed by atoms with E-state index in [4.69, 9.17) is 0 Å². The van der Waals surface area contributed by atoms with Gasteiger partial charge in [-0.05, 0) is 30.2 Å². The number of benzene rings is 2. The number of halogens is 4. The molecular formula is C14H10BrF3O. The number of hydrogen-bond acceptors (Lipinski definition) is 1. The summed E-state index contributed by atoms with van der Waals surface area (Å²) in [5.41, 5.74) is 1.04. The van der Waals surface area contributed by atoms with Crippen LogP contribution in [0.2, 0.25) is 0 Å². The molecule has 0 bridgehead atoms. The van der Waals surface area contributed by atoms with Gasteiger partial charge in [-0.3, -0.25) is 0 Å². The van der Waals surface area contributed by atoms with Crippen LogP contribution in [0.4, 0.5) is 13.2 Å². The average molecular weight is 331 g/mol. The standard InChI is InChI=1S/C14H10BrF3O/c1-7-2-3-8(6-10(7)15)14(19)9-4-5-11(16)13(18)12(9)17/h2-6,14,19H,1H3. The molecule has 19 heavy (non-hydrogen) atoms. The van der Waals surface area contributed by atoms with Crippen LogP contribution in [0.25, 0.3) is 0 Å². The van der Waals surface area contributed by atoms with Crippen molar-refractivity contribution in [3.63, 3.8) is 0 Å². The molecule has 0 aromatic heterocycles. The van der Waals surface area contributed by atoms with Crippen molar-refractivity contribution >= 4 is 15.9 Å². The molecule has 0 aliphatic heterocycles. The molecule has 2 aromatic carbocycles. The third-order valence-electron chi connectivity index (χ3n) is 2.87. The van der Waals surface area contributed by atoms with Crippen molar-refractivity contribution in [2.24, 2.45) is 0 Å². The van der Waals surface area contributed by atoms with Crippen molar-refractivity contribution in [2.45, 2.75) is 13.0 Å². The van der Waals surface area contributed by atoms with Gasteiger partial charge in [-0.1, -0.05) is 34.1 Å². The Morgan fingerprint density at radius 3 is 2.37 bits per heavy atom. The molecule has 1 unspecified atom stereocenters. The van der Waals surface area contributed by atoms with Crippen molar-refractivity contribution in [1.29, 1.82) is 0 Å². The molecule has 0 radical (unpaired) electrons. The average Bonchev–Trinajstić information content (AvgIpc) is 2.39. The first kappa shape index (κ1) is 14.1. The molecule has 0 spiro atoms. The third-order valence-corrected chi connectivity index (χ3v) is 3.73. The van der Waals surface area contributed by atoms with Crippen LogP contribution in [0.5, 0.6) is 0 Å². The molecule has 0 heterocycles. The fourth-order valence-electron chi connectivity index (χ4n) is 1.71. The minimum atomic E-state index is -1.58. The Bertz CT molecular complexity index is 628. The third kappa shape index (κ3) is 2.67. The van der Waals surface area contributed by atoms with Crippen molar-refractivity contribution in [1.82, 2.24) is 0 Å². The van der Waals surface area contributed by atoms with Crippen molar-refractivity contribution in [3.8, 4) is 0 Å². The lowest BCUT2D eigenvalue weighted by Gasteiger charge is -2.14. The Labute approximate surface area is 116 Å². The van der Waals surface area contributed by atoms with Gasteiger partial charge in [0.1, 0.15) is 6.10 Å². The minimum Gasteiger partial charge on any atom is -0.384 e. The highest BCUT2D eigenvalue weighted by Crippen LogP contribution is 2.29. The number of hydrogen-bond donors (Lipinski definition) is 1. The predicted octanol–water partition coefficient (Wildman–Crippen LogP) is 4.26. The highest BCUT2D eigenvalue weighted by Gasteiger charge is 2.20. The number of aliphatic hydroxyl groups excluding tert-OH is 1. The van der Waals surface area contributed by atoms with E-state index in [9.17, 15) is 18.3 Å². The van der Waals surface area contributed by atoms with Crippen LogP contribution in [-0.2, 0) is 0 Å². The van der Waals surface area contributed by atoms with Crippen LogP contribution in [-0.4, -0.2) is 5.11 Å². The Kier molecular flexibility index (Phi) is 3.96. The smallest absolute Gasteiger partial charge is 0.194 e. The van der Waals surface area contributed by atoms with Crippen LogP contribution in [0.1, 0.15) is 22.8 Å². The Morgan fingerprint density at radius 2 is 1.74 bits per heavy atom. The molecule has 1 atom stereocenters. The van der Waals surface area contributed by atoms with Gasteiger partial charge in [0, 0.05) is 10.0 Å². The van der Waals surface area contributed by atoms with E-state index in [1.54, 1.807) is 18.2 Å². The topological polar surface area (TPSA) is 20.2 Å². The van der Waals surface area contributed by atoms with Gasteiger partial charge in [0.15, 0.2) is 17.5 Å². The van der Waals surface area contributed by atoms with Gasteiger partial charge < -0.3 is 5.11 Å². The normalized spacial score (nSPS) is 12.5. The maximum atomic E-state index is 13.6. The van der Waals surface area contributed by atoms with E-state index < -0.39 is 23.6 Å². The van der Waals surface area contributed by atoms with Crippen LogP contribution in [0.3, 0.4) is 0 Å². The monoisotopic (exact) mass is 330 g/mol. The van der Waals surface area contributed by atoms with Crippen molar-refractivity contribution < 1.29 is 18.3 Å². The van der Waals surface area contributed by atoms with Crippen LogP contribution >= 0.6 is 15.9 Å².